The number of hydrogen-bond acceptors (Lipinski definition) is 2. The number of nitrogens with one attached hydrogen (secondary N) is 1. The van der Waals surface area contributed by atoms with Crippen molar-refractivity contribution in [2.24, 2.45) is 0 Å². The summed E-state index contributed by atoms with van der Waals surface area (Å²) in [7, 11) is 1.84. The molecule has 0 saturated carbocycles. The van der Waals surface area contributed by atoms with Crippen molar-refractivity contribution in [2.45, 2.75) is 12.5 Å². The first kappa shape index (κ1) is 16.3. The van der Waals surface area contributed by atoms with Gasteiger partial charge in [0.2, 0.25) is 0 Å². The first-order chi connectivity index (χ1) is 10.1. The summed E-state index contributed by atoms with van der Waals surface area (Å²) in [5.74, 6) is 0.499. The number of ether oxygens (including phenoxy) is 1. The lowest BCUT2D eigenvalue weighted by Crippen LogP contribution is -2.34. The van der Waals surface area contributed by atoms with E-state index in [0.29, 0.717) is 29.4 Å². The van der Waals surface area contributed by atoms with E-state index in [1.165, 1.54) is 6.07 Å². The molecule has 2 aromatic carbocycles. The minimum atomic E-state index is -0.207. The van der Waals surface area contributed by atoms with E-state index in [9.17, 15) is 4.39 Å². The Kier molecular flexibility index (Phi) is 6.03. The van der Waals surface area contributed by atoms with Crippen molar-refractivity contribution in [3.63, 3.8) is 0 Å². The summed E-state index contributed by atoms with van der Waals surface area (Å²) in [6.07, 6.45) is 0.544. The summed E-state index contributed by atoms with van der Waals surface area (Å²) in [5.41, 5.74) is 0.651. The number of likely N-dealkylation sites (N-methyl/N-ethyl adjacent to an activating group) is 1. The van der Waals surface area contributed by atoms with E-state index >= 15 is 0 Å². The molecule has 0 aliphatic heterocycles. The van der Waals surface area contributed by atoms with Crippen LogP contribution in [0.5, 0.6) is 5.75 Å². The lowest BCUT2D eigenvalue weighted by Gasteiger charge is -2.18. The van der Waals surface area contributed by atoms with Crippen LogP contribution in [0, 0.1) is 5.82 Å². The van der Waals surface area contributed by atoms with E-state index in [1.807, 2.05) is 19.2 Å². The Bertz CT molecular complexity index is 609. The smallest absolute Gasteiger partial charge is 0.126 e. The topological polar surface area (TPSA) is 21.3 Å². The molecule has 0 radical (unpaired) electrons. The molecule has 1 N–H and O–H groups in total. The molecule has 1 unspecified atom stereocenters. The van der Waals surface area contributed by atoms with Gasteiger partial charge in [-0.25, -0.2) is 4.39 Å². The highest BCUT2D eigenvalue weighted by Gasteiger charge is 2.12. The van der Waals surface area contributed by atoms with Crippen LogP contribution in [-0.2, 0) is 6.42 Å². The fourth-order valence-corrected chi connectivity index (χ4v) is 2.55. The fourth-order valence-electron chi connectivity index (χ4n) is 1.96. The summed E-state index contributed by atoms with van der Waals surface area (Å²) < 4.78 is 20.3. The molecule has 21 heavy (non-hydrogen) atoms. The predicted molar refractivity (Wildman–Crippen MR) is 87.6 cm³/mol. The normalized spacial score (nSPS) is 12.2. The highest BCUT2D eigenvalue weighted by molar-refractivity contribution is 9.10. The van der Waals surface area contributed by atoms with Gasteiger partial charge in [-0.05, 0) is 55.4 Å². The van der Waals surface area contributed by atoms with E-state index < -0.39 is 0 Å². The van der Waals surface area contributed by atoms with E-state index in [2.05, 4.69) is 21.2 Å². The van der Waals surface area contributed by atoms with Crippen LogP contribution in [0.1, 0.15) is 5.56 Å². The van der Waals surface area contributed by atoms with Crippen LogP contribution in [0.2, 0.25) is 5.02 Å². The van der Waals surface area contributed by atoms with Crippen molar-refractivity contribution in [3.05, 3.63) is 63.3 Å². The SMILES string of the molecule is CNC(COc1cccc(Cl)c1)Cc1cc(Br)ccc1F. The summed E-state index contributed by atoms with van der Waals surface area (Å²) in [5, 5.41) is 3.77. The molecular weight excluding hydrogens is 357 g/mol. The van der Waals surface area contributed by atoms with Crippen molar-refractivity contribution < 1.29 is 9.13 Å². The Hall–Kier alpha value is -1.10. The second-order valence-electron chi connectivity index (χ2n) is 4.69. The van der Waals surface area contributed by atoms with Crippen LogP contribution in [0.25, 0.3) is 0 Å². The zero-order valence-corrected chi connectivity index (χ0v) is 13.9. The molecular formula is C16H16BrClFNO. The fraction of sp³-hybridized carbons (Fsp3) is 0.250. The lowest BCUT2D eigenvalue weighted by molar-refractivity contribution is 0.269. The summed E-state index contributed by atoms with van der Waals surface area (Å²) >= 11 is 9.27. The van der Waals surface area contributed by atoms with Gasteiger partial charge in [0.15, 0.2) is 0 Å². The average Bonchev–Trinajstić information content (AvgIpc) is 2.47. The summed E-state index contributed by atoms with van der Waals surface area (Å²) in [6, 6.07) is 12.2. The molecule has 2 rings (SSSR count). The minimum Gasteiger partial charge on any atom is -0.492 e. The van der Waals surface area contributed by atoms with Crippen LogP contribution < -0.4 is 10.1 Å². The number of hydrogen-bond donors (Lipinski definition) is 1. The van der Waals surface area contributed by atoms with Crippen LogP contribution in [0.15, 0.2) is 46.9 Å². The Labute approximate surface area is 137 Å². The highest BCUT2D eigenvalue weighted by atomic mass is 79.9. The van der Waals surface area contributed by atoms with Crippen molar-refractivity contribution >= 4 is 27.5 Å². The molecule has 1 atom stereocenters. The van der Waals surface area contributed by atoms with Crippen molar-refractivity contribution in [1.29, 1.82) is 0 Å². The third-order valence-corrected chi connectivity index (χ3v) is 3.86. The predicted octanol–water partition coefficient (Wildman–Crippen LogP) is 4.45. The van der Waals surface area contributed by atoms with Gasteiger partial charge in [0, 0.05) is 15.5 Å². The van der Waals surface area contributed by atoms with Crippen LogP contribution in [-0.4, -0.2) is 19.7 Å². The third kappa shape index (κ3) is 4.99. The summed E-state index contributed by atoms with van der Waals surface area (Å²) in [6.45, 7) is 0.433. The van der Waals surface area contributed by atoms with Gasteiger partial charge in [-0.3, -0.25) is 0 Å². The minimum absolute atomic E-state index is 0.00721. The van der Waals surface area contributed by atoms with Gasteiger partial charge in [-0.2, -0.15) is 0 Å². The molecule has 112 valence electrons. The van der Waals surface area contributed by atoms with E-state index in [0.717, 1.165) is 4.47 Å². The van der Waals surface area contributed by atoms with Gasteiger partial charge in [-0.1, -0.05) is 33.6 Å². The maximum Gasteiger partial charge on any atom is 0.126 e. The average molecular weight is 373 g/mol. The van der Waals surface area contributed by atoms with Crippen LogP contribution in [0.3, 0.4) is 0 Å². The van der Waals surface area contributed by atoms with Gasteiger partial charge in [0.25, 0.3) is 0 Å². The first-order valence-electron chi connectivity index (χ1n) is 6.58. The molecule has 2 aromatic rings. The molecule has 0 fully saturated rings. The van der Waals surface area contributed by atoms with Gasteiger partial charge in [0.05, 0.1) is 0 Å². The Morgan fingerprint density at radius 2 is 2.10 bits per heavy atom. The molecule has 0 spiro atoms. The Balaban J connectivity index is 1.98. The number of rotatable bonds is 6. The second kappa shape index (κ2) is 7.78. The molecule has 0 aliphatic carbocycles. The maximum atomic E-state index is 13.8. The van der Waals surface area contributed by atoms with Gasteiger partial charge < -0.3 is 10.1 Å². The summed E-state index contributed by atoms with van der Waals surface area (Å²) in [4.78, 5) is 0. The Morgan fingerprint density at radius 3 is 2.81 bits per heavy atom. The highest BCUT2D eigenvalue weighted by Crippen LogP contribution is 2.19. The first-order valence-corrected chi connectivity index (χ1v) is 7.75. The van der Waals surface area contributed by atoms with Gasteiger partial charge >= 0.3 is 0 Å². The number of halogens is 3. The molecule has 0 amide bonds. The van der Waals surface area contributed by atoms with E-state index in [1.54, 1.807) is 24.3 Å². The van der Waals surface area contributed by atoms with E-state index in [4.69, 9.17) is 16.3 Å². The molecule has 0 aliphatic rings. The zero-order chi connectivity index (χ0) is 15.2. The van der Waals surface area contributed by atoms with Crippen molar-refractivity contribution in [1.82, 2.24) is 5.32 Å². The van der Waals surface area contributed by atoms with Crippen molar-refractivity contribution in [3.8, 4) is 5.75 Å². The van der Waals surface area contributed by atoms with Crippen LogP contribution >= 0.6 is 27.5 Å². The Morgan fingerprint density at radius 1 is 1.29 bits per heavy atom. The zero-order valence-electron chi connectivity index (χ0n) is 11.6. The molecule has 5 heteroatoms. The molecule has 0 saturated heterocycles. The van der Waals surface area contributed by atoms with Gasteiger partial charge in [0.1, 0.15) is 18.2 Å². The maximum absolute atomic E-state index is 13.8. The second-order valence-corrected chi connectivity index (χ2v) is 6.05. The standard InChI is InChI=1S/C16H16BrClFNO/c1-20-14(8-11-7-12(17)5-6-16(11)19)10-21-15-4-2-3-13(18)9-15/h2-7,9,14,20H,8,10H2,1H3. The lowest BCUT2D eigenvalue weighted by atomic mass is 10.1. The molecule has 0 aromatic heterocycles. The van der Waals surface area contributed by atoms with E-state index in [-0.39, 0.29) is 11.9 Å². The quantitative estimate of drug-likeness (QED) is 0.809. The molecule has 0 bridgehead atoms. The van der Waals surface area contributed by atoms with Gasteiger partial charge in [-0.15, -0.1) is 0 Å². The monoisotopic (exact) mass is 371 g/mol. The molecule has 2 nitrogen and oxygen atoms in total. The largest absolute Gasteiger partial charge is 0.492 e. The van der Waals surface area contributed by atoms with Crippen molar-refractivity contribution in [2.75, 3.05) is 13.7 Å². The number of benzene rings is 2. The van der Waals surface area contributed by atoms with Crippen LogP contribution in [0.4, 0.5) is 4.39 Å². The molecule has 0 heterocycles. The third-order valence-electron chi connectivity index (χ3n) is 3.13.